The molecule has 0 spiro atoms. The van der Waals surface area contributed by atoms with Crippen LogP contribution < -0.4 is 0 Å². The average molecular weight is 587 g/mol. The van der Waals surface area contributed by atoms with Crippen molar-refractivity contribution in [3.8, 4) is 23.3 Å². The molecule has 7 rings (SSSR count). The van der Waals surface area contributed by atoms with Crippen LogP contribution >= 0.6 is 0 Å². The van der Waals surface area contributed by atoms with E-state index in [2.05, 4.69) is 83.8 Å². The first-order valence-electron chi connectivity index (χ1n) is 14.9. The van der Waals surface area contributed by atoms with E-state index < -0.39 is 5.60 Å². The van der Waals surface area contributed by atoms with Crippen molar-refractivity contribution in [1.29, 1.82) is 5.26 Å². The number of hydrogen-bond donors (Lipinski definition) is 0. The van der Waals surface area contributed by atoms with Crippen LogP contribution in [0.3, 0.4) is 0 Å². The Bertz CT molecular complexity index is 2010. The first kappa shape index (κ1) is 28.0. The van der Waals surface area contributed by atoms with Crippen molar-refractivity contribution in [2.75, 3.05) is 6.61 Å². The third-order valence-corrected chi connectivity index (χ3v) is 7.97. The molecule has 0 fully saturated rings. The van der Waals surface area contributed by atoms with Crippen molar-refractivity contribution < 1.29 is 4.74 Å². The van der Waals surface area contributed by atoms with Gasteiger partial charge in [0.1, 0.15) is 28.7 Å². The molecule has 0 aliphatic heterocycles. The summed E-state index contributed by atoms with van der Waals surface area (Å²) in [7, 11) is 0. The number of ether oxygens (including phenoxy) is 1. The molecule has 0 atom stereocenters. The number of hydrogen-bond acceptors (Lipinski definition) is 5. The van der Waals surface area contributed by atoms with Gasteiger partial charge in [-0.2, -0.15) is 5.26 Å². The zero-order valence-electron chi connectivity index (χ0n) is 24.8. The minimum Gasteiger partial charge on any atom is -0.360 e. The van der Waals surface area contributed by atoms with Crippen LogP contribution in [0.25, 0.3) is 22.9 Å². The van der Waals surface area contributed by atoms with Crippen LogP contribution in [-0.2, 0) is 16.8 Å². The van der Waals surface area contributed by atoms with Crippen LogP contribution in [0.1, 0.15) is 33.8 Å². The van der Waals surface area contributed by atoms with Gasteiger partial charge < -0.3 is 4.74 Å². The van der Waals surface area contributed by atoms with E-state index in [1.807, 2.05) is 72.4 Å². The maximum Gasteiger partial charge on any atom is 0.163 e. The van der Waals surface area contributed by atoms with Gasteiger partial charge in [-0.15, -0.1) is 0 Å². The van der Waals surface area contributed by atoms with Gasteiger partial charge >= 0.3 is 0 Å². The Morgan fingerprint density at radius 1 is 0.733 bits per heavy atom. The van der Waals surface area contributed by atoms with Crippen LogP contribution in [0.2, 0.25) is 0 Å². The number of aryl methyl sites for hydroxylation is 1. The lowest BCUT2D eigenvalue weighted by Crippen LogP contribution is -2.33. The topological polar surface area (TPSA) is 81.0 Å². The molecule has 0 bridgehead atoms. The number of pyridine rings is 2. The van der Waals surface area contributed by atoms with Crippen molar-refractivity contribution in [1.82, 2.24) is 23.9 Å². The Kier molecular flexibility index (Phi) is 7.48. The molecule has 218 valence electrons. The van der Waals surface area contributed by atoms with Gasteiger partial charge in [0.15, 0.2) is 5.82 Å². The van der Waals surface area contributed by atoms with E-state index in [1.165, 1.54) is 0 Å². The van der Waals surface area contributed by atoms with Crippen LogP contribution in [0.5, 0.6) is 0 Å². The number of aromatic nitrogens is 5. The zero-order chi connectivity index (χ0) is 30.6. The molecule has 0 saturated heterocycles. The minimum atomic E-state index is -0.812. The van der Waals surface area contributed by atoms with Crippen LogP contribution in [0.4, 0.5) is 0 Å². The number of rotatable bonds is 9. The summed E-state index contributed by atoms with van der Waals surface area (Å²) in [6.07, 6.45) is 6.09. The van der Waals surface area contributed by atoms with E-state index in [-0.39, 0.29) is 0 Å². The van der Waals surface area contributed by atoms with Crippen LogP contribution in [-0.4, -0.2) is 30.5 Å². The van der Waals surface area contributed by atoms with E-state index >= 15 is 0 Å². The molecule has 0 unspecified atom stereocenters. The smallest absolute Gasteiger partial charge is 0.163 e. The van der Waals surface area contributed by atoms with E-state index in [9.17, 15) is 5.26 Å². The molecule has 45 heavy (non-hydrogen) atoms. The van der Waals surface area contributed by atoms with Crippen molar-refractivity contribution in [2.24, 2.45) is 0 Å². The van der Waals surface area contributed by atoms with Gasteiger partial charge in [0.25, 0.3) is 0 Å². The second kappa shape index (κ2) is 12.0. The Morgan fingerprint density at radius 3 is 1.98 bits per heavy atom. The van der Waals surface area contributed by atoms with E-state index in [1.54, 1.807) is 10.6 Å². The standard InChI is InChI=1S/C38H30N6O/c1-28-12-11-19-35(41-28)37-42-32(26-44(37)33-20-21-36-40-25-34(24-39)43(36)27-33)22-23-45-38(29-13-5-2-6-14-29,30-15-7-3-8-16-30)31-17-9-4-10-18-31/h2-21,25-27H,22-23H2,1H3. The fraction of sp³-hybridized carbons (Fsp3) is 0.105. The second-order valence-corrected chi connectivity index (χ2v) is 10.8. The minimum absolute atomic E-state index is 0.412. The number of fused-ring (bicyclic) bond motifs is 1. The zero-order valence-corrected chi connectivity index (χ0v) is 24.8. The van der Waals surface area contributed by atoms with Crippen LogP contribution in [0, 0.1) is 18.3 Å². The number of nitriles is 1. The fourth-order valence-electron chi connectivity index (χ4n) is 5.87. The van der Waals surface area contributed by atoms with Gasteiger partial charge in [0, 0.05) is 24.5 Å². The highest BCUT2D eigenvalue weighted by Crippen LogP contribution is 2.40. The summed E-state index contributed by atoms with van der Waals surface area (Å²) < 4.78 is 10.9. The third-order valence-electron chi connectivity index (χ3n) is 7.97. The second-order valence-electron chi connectivity index (χ2n) is 10.8. The highest BCUT2D eigenvalue weighted by molar-refractivity contribution is 5.57. The molecule has 0 radical (unpaired) electrons. The third kappa shape index (κ3) is 5.29. The summed E-state index contributed by atoms with van der Waals surface area (Å²) >= 11 is 0. The molecule has 7 aromatic rings. The number of benzene rings is 3. The summed E-state index contributed by atoms with van der Waals surface area (Å²) in [6.45, 7) is 2.38. The van der Waals surface area contributed by atoms with Gasteiger partial charge in [-0.05, 0) is 47.9 Å². The fourth-order valence-corrected chi connectivity index (χ4v) is 5.87. The highest BCUT2D eigenvalue weighted by Gasteiger charge is 2.37. The first-order valence-corrected chi connectivity index (χ1v) is 14.9. The van der Waals surface area contributed by atoms with Crippen LogP contribution in [0.15, 0.2) is 140 Å². The average Bonchev–Trinajstić information content (AvgIpc) is 3.72. The van der Waals surface area contributed by atoms with Crippen molar-refractivity contribution in [2.45, 2.75) is 18.9 Å². The van der Waals surface area contributed by atoms with Crippen molar-refractivity contribution in [3.63, 3.8) is 0 Å². The molecular weight excluding hydrogens is 556 g/mol. The summed E-state index contributed by atoms with van der Waals surface area (Å²) in [6, 6.07) is 43.2. The molecule has 0 amide bonds. The molecule has 0 aliphatic rings. The Labute approximate surface area is 261 Å². The van der Waals surface area contributed by atoms with Crippen molar-refractivity contribution in [3.05, 3.63) is 174 Å². The summed E-state index contributed by atoms with van der Waals surface area (Å²) in [5.74, 6) is 0.715. The summed E-state index contributed by atoms with van der Waals surface area (Å²) in [5, 5.41) is 9.61. The number of imidazole rings is 2. The SMILES string of the molecule is Cc1cccc(-c2nc(CCOC(c3ccccc3)(c3ccccc3)c3ccccc3)cn2-c2ccc3ncc(C#N)n3c2)n1. The highest BCUT2D eigenvalue weighted by atomic mass is 16.5. The maximum absolute atomic E-state index is 9.61. The molecule has 3 aromatic carbocycles. The largest absolute Gasteiger partial charge is 0.360 e. The molecular formula is C38H30N6O. The number of nitrogens with zero attached hydrogens (tertiary/aromatic N) is 6. The lowest BCUT2D eigenvalue weighted by atomic mass is 9.80. The Balaban J connectivity index is 1.28. The Morgan fingerprint density at radius 2 is 1.38 bits per heavy atom. The van der Waals surface area contributed by atoms with Gasteiger partial charge in [0.2, 0.25) is 0 Å². The molecule has 4 heterocycles. The lowest BCUT2D eigenvalue weighted by Gasteiger charge is -2.36. The maximum atomic E-state index is 9.61. The van der Waals surface area contributed by atoms with E-state index in [0.717, 1.165) is 39.5 Å². The summed E-state index contributed by atoms with van der Waals surface area (Å²) in [4.78, 5) is 14.2. The molecule has 0 N–H and O–H groups in total. The first-order chi connectivity index (χ1) is 22.2. The normalized spacial score (nSPS) is 11.5. The van der Waals surface area contributed by atoms with E-state index in [4.69, 9.17) is 14.7 Å². The molecule has 0 saturated carbocycles. The predicted octanol–water partition coefficient (Wildman–Crippen LogP) is 7.31. The van der Waals surface area contributed by atoms with Gasteiger partial charge in [0.05, 0.1) is 24.2 Å². The van der Waals surface area contributed by atoms with E-state index in [0.29, 0.717) is 30.2 Å². The lowest BCUT2D eigenvalue weighted by molar-refractivity contribution is 0.0145. The molecule has 7 nitrogen and oxygen atoms in total. The van der Waals surface area contributed by atoms with Gasteiger partial charge in [-0.3, -0.25) is 8.97 Å². The quantitative estimate of drug-likeness (QED) is 0.166. The molecule has 7 heteroatoms. The van der Waals surface area contributed by atoms with Gasteiger partial charge in [-0.25, -0.2) is 15.0 Å². The monoisotopic (exact) mass is 586 g/mol. The van der Waals surface area contributed by atoms with Gasteiger partial charge in [-0.1, -0.05) is 97.1 Å². The molecule has 0 aliphatic carbocycles. The molecule has 4 aromatic heterocycles. The predicted molar refractivity (Wildman–Crippen MR) is 174 cm³/mol. The summed E-state index contributed by atoms with van der Waals surface area (Å²) in [5.41, 5.74) is 6.91. The van der Waals surface area contributed by atoms with Crippen molar-refractivity contribution >= 4 is 5.65 Å². The Hall–Kier alpha value is -5.84.